The molecule has 200 valence electrons. The summed E-state index contributed by atoms with van der Waals surface area (Å²) in [4.78, 5) is 71.2. The third kappa shape index (κ3) is 8.85. The number of rotatable bonds is 14. The molecule has 0 amide bonds. The summed E-state index contributed by atoms with van der Waals surface area (Å²) in [6, 6.07) is 19.6. The number of benzene rings is 3. The zero-order chi connectivity index (χ0) is 28.0. The van der Waals surface area contributed by atoms with Crippen molar-refractivity contribution in [1.29, 1.82) is 0 Å². The van der Waals surface area contributed by atoms with Gasteiger partial charge in [-0.2, -0.15) is 0 Å². The van der Waals surface area contributed by atoms with E-state index in [2.05, 4.69) is 0 Å². The maximum absolute atomic E-state index is 12.6. The lowest BCUT2D eigenvalue weighted by Gasteiger charge is -2.19. The molecule has 0 radical (unpaired) electrons. The van der Waals surface area contributed by atoms with Gasteiger partial charge >= 0.3 is 17.9 Å². The summed E-state index contributed by atoms with van der Waals surface area (Å²) in [5, 5.41) is 0. The predicted molar refractivity (Wildman–Crippen MR) is 138 cm³/mol. The molecular weight excluding hydrogens is 504 g/mol. The van der Waals surface area contributed by atoms with Crippen LogP contribution in [-0.4, -0.2) is 56.1 Å². The second-order valence-corrected chi connectivity index (χ2v) is 8.46. The first-order valence-electron chi connectivity index (χ1n) is 12.0. The van der Waals surface area contributed by atoms with Crippen LogP contribution in [-0.2, 0) is 47.9 Å². The first-order chi connectivity index (χ1) is 18.9. The SMILES string of the molecule is O=Cc1ccccc1CC(=O)OCC(COC(=O)Cc1ccccc1C=O)OC(=O)Cc1ccccc1C=O. The maximum Gasteiger partial charge on any atom is 0.310 e. The van der Waals surface area contributed by atoms with Crippen LogP contribution in [0.3, 0.4) is 0 Å². The average Bonchev–Trinajstić information content (AvgIpc) is 2.95. The minimum atomic E-state index is -1.14. The second kappa shape index (κ2) is 14.7. The Labute approximate surface area is 224 Å². The molecule has 0 saturated carbocycles. The predicted octanol–water partition coefficient (Wildman–Crippen LogP) is 3.15. The zero-order valence-corrected chi connectivity index (χ0v) is 20.9. The first kappa shape index (κ1) is 28.6. The molecular formula is C30H26O9. The van der Waals surface area contributed by atoms with Gasteiger partial charge in [0.05, 0.1) is 19.3 Å². The number of aldehydes is 3. The van der Waals surface area contributed by atoms with Gasteiger partial charge in [-0.05, 0) is 16.7 Å². The van der Waals surface area contributed by atoms with Gasteiger partial charge < -0.3 is 14.2 Å². The highest BCUT2D eigenvalue weighted by molar-refractivity contribution is 5.83. The van der Waals surface area contributed by atoms with Crippen LogP contribution in [0, 0.1) is 0 Å². The van der Waals surface area contributed by atoms with E-state index >= 15 is 0 Å². The molecule has 0 saturated heterocycles. The van der Waals surface area contributed by atoms with Crippen molar-refractivity contribution in [2.75, 3.05) is 13.2 Å². The topological polar surface area (TPSA) is 130 Å². The quantitative estimate of drug-likeness (QED) is 0.175. The van der Waals surface area contributed by atoms with Gasteiger partial charge in [0, 0.05) is 16.7 Å². The maximum atomic E-state index is 12.6. The lowest BCUT2D eigenvalue weighted by Crippen LogP contribution is -2.32. The van der Waals surface area contributed by atoms with Crippen molar-refractivity contribution in [2.24, 2.45) is 0 Å². The molecule has 3 rings (SSSR count). The van der Waals surface area contributed by atoms with Crippen molar-refractivity contribution >= 4 is 36.8 Å². The fourth-order valence-electron chi connectivity index (χ4n) is 3.71. The van der Waals surface area contributed by atoms with E-state index < -0.39 is 37.2 Å². The molecule has 0 N–H and O–H groups in total. The van der Waals surface area contributed by atoms with Gasteiger partial charge in [-0.15, -0.1) is 0 Å². The number of ether oxygens (including phenoxy) is 3. The van der Waals surface area contributed by atoms with Gasteiger partial charge in [0.2, 0.25) is 0 Å². The molecule has 0 fully saturated rings. The van der Waals surface area contributed by atoms with Crippen molar-refractivity contribution in [3.63, 3.8) is 0 Å². The summed E-state index contributed by atoms with van der Waals surface area (Å²) in [6.07, 6.45) is 0.135. The number of hydrogen-bond acceptors (Lipinski definition) is 9. The van der Waals surface area contributed by atoms with E-state index in [1.807, 2.05) is 0 Å². The standard InChI is InChI=1S/C30H26O9/c31-16-24-10-4-1-7-21(24)13-28(34)37-19-27(39-30(36)15-23-9-3-6-12-26(23)18-33)20-38-29(35)14-22-8-2-5-11-25(22)17-32/h1-12,16-18,27H,13-15,19-20H2. The highest BCUT2D eigenvalue weighted by Crippen LogP contribution is 2.12. The smallest absolute Gasteiger partial charge is 0.310 e. The van der Waals surface area contributed by atoms with E-state index in [0.29, 0.717) is 52.2 Å². The Bertz CT molecular complexity index is 1280. The molecule has 0 aliphatic carbocycles. The number of hydrogen-bond donors (Lipinski definition) is 0. The van der Waals surface area contributed by atoms with Gasteiger partial charge in [-0.3, -0.25) is 28.8 Å². The summed E-state index contributed by atoms with van der Waals surface area (Å²) >= 11 is 0. The molecule has 39 heavy (non-hydrogen) atoms. The highest BCUT2D eigenvalue weighted by Gasteiger charge is 2.21. The van der Waals surface area contributed by atoms with Crippen molar-refractivity contribution in [3.8, 4) is 0 Å². The Hall–Kier alpha value is -4.92. The van der Waals surface area contributed by atoms with E-state index in [9.17, 15) is 28.8 Å². The van der Waals surface area contributed by atoms with Crippen molar-refractivity contribution in [2.45, 2.75) is 25.4 Å². The molecule has 0 unspecified atom stereocenters. The monoisotopic (exact) mass is 530 g/mol. The van der Waals surface area contributed by atoms with Crippen LogP contribution in [0.5, 0.6) is 0 Å². The zero-order valence-electron chi connectivity index (χ0n) is 20.9. The Kier molecular flexibility index (Phi) is 10.8. The fraction of sp³-hybridized carbons (Fsp3) is 0.200. The molecule has 3 aromatic carbocycles. The molecule has 0 bridgehead atoms. The minimum Gasteiger partial charge on any atom is -0.461 e. The van der Waals surface area contributed by atoms with Crippen molar-refractivity contribution < 1.29 is 43.0 Å². The Morgan fingerprint density at radius 2 is 0.872 bits per heavy atom. The lowest BCUT2D eigenvalue weighted by molar-refractivity contribution is -0.166. The van der Waals surface area contributed by atoms with Crippen LogP contribution in [0.15, 0.2) is 72.8 Å². The molecule has 9 nitrogen and oxygen atoms in total. The van der Waals surface area contributed by atoms with E-state index in [-0.39, 0.29) is 19.3 Å². The van der Waals surface area contributed by atoms with Gasteiger partial charge in [0.15, 0.2) is 6.10 Å². The van der Waals surface area contributed by atoms with Crippen molar-refractivity contribution in [1.82, 2.24) is 0 Å². The molecule has 9 heteroatoms. The second-order valence-electron chi connectivity index (χ2n) is 8.46. The summed E-state index contributed by atoms with van der Waals surface area (Å²) in [5.74, 6) is -2.08. The fourth-order valence-corrected chi connectivity index (χ4v) is 3.71. The van der Waals surface area contributed by atoms with Gasteiger partial charge in [-0.25, -0.2) is 0 Å². The highest BCUT2D eigenvalue weighted by atomic mass is 16.6. The molecule has 0 heterocycles. The van der Waals surface area contributed by atoms with E-state index in [1.54, 1.807) is 72.8 Å². The molecule has 0 spiro atoms. The van der Waals surface area contributed by atoms with Gasteiger partial charge in [0.1, 0.15) is 32.1 Å². The third-order valence-electron chi connectivity index (χ3n) is 5.71. The number of carbonyl (C=O) groups excluding carboxylic acids is 6. The Morgan fingerprint density at radius 1 is 0.538 bits per heavy atom. The normalized spacial score (nSPS) is 10.4. The number of esters is 3. The molecule has 0 aromatic heterocycles. The summed E-state index contributed by atoms with van der Waals surface area (Å²) in [5.41, 5.74) is 2.40. The van der Waals surface area contributed by atoms with Crippen LogP contribution in [0.25, 0.3) is 0 Å². The Balaban J connectivity index is 1.64. The summed E-state index contributed by atoms with van der Waals surface area (Å²) in [6.45, 7) is -0.831. The van der Waals surface area contributed by atoms with Crippen LogP contribution < -0.4 is 0 Å². The molecule has 0 aliphatic heterocycles. The largest absolute Gasteiger partial charge is 0.461 e. The summed E-state index contributed by atoms with van der Waals surface area (Å²) < 4.78 is 16.0. The molecule has 3 aromatic rings. The Morgan fingerprint density at radius 3 is 1.23 bits per heavy atom. The van der Waals surface area contributed by atoms with Crippen LogP contribution in [0.2, 0.25) is 0 Å². The third-order valence-corrected chi connectivity index (χ3v) is 5.71. The lowest BCUT2D eigenvalue weighted by atomic mass is 10.1. The van der Waals surface area contributed by atoms with E-state index in [0.717, 1.165) is 0 Å². The minimum absolute atomic E-state index is 0.190. The number of carbonyl (C=O) groups is 6. The van der Waals surface area contributed by atoms with Gasteiger partial charge in [-0.1, -0.05) is 72.8 Å². The summed E-state index contributed by atoms with van der Waals surface area (Å²) in [7, 11) is 0. The van der Waals surface area contributed by atoms with Gasteiger partial charge in [0.25, 0.3) is 0 Å². The van der Waals surface area contributed by atoms with Crippen molar-refractivity contribution in [3.05, 3.63) is 106 Å². The molecule has 0 atom stereocenters. The first-order valence-corrected chi connectivity index (χ1v) is 12.0. The van der Waals surface area contributed by atoms with Crippen LogP contribution >= 0.6 is 0 Å². The van der Waals surface area contributed by atoms with Crippen LogP contribution in [0.1, 0.15) is 47.8 Å². The molecule has 0 aliphatic rings. The average molecular weight is 531 g/mol. The van der Waals surface area contributed by atoms with Crippen LogP contribution in [0.4, 0.5) is 0 Å². The van der Waals surface area contributed by atoms with E-state index in [1.165, 1.54) is 0 Å². The van der Waals surface area contributed by atoms with E-state index in [4.69, 9.17) is 14.2 Å².